The van der Waals surface area contributed by atoms with Crippen LogP contribution in [0.3, 0.4) is 0 Å². The van der Waals surface area contributed by atoms with Crippen LogP contribution in [0.1, 0.15) is 0 Å². The van der Waals surface area contributed by atoms with E-state index in [2.05, 4.69) is 20.9 Å². The number of nitrogen functional groups attached to an aromatic ring is 1. The average molecular weight is 414 g/mol. The number of nitrogens with two attached hydrogens (primary N) is 1. The zero-order valence-corrected chi connectivity index (χ0v) is 15.6. The van der Waals surface area contributed by atoms with E-state index in [4.69, 9.17) is 14.9 Å². The van der Waals surface area contributed by atoms with Crippen LogP contribution < -0.4 is 11.4 Å². The lowest BCUT2D eigenvalue weighted by Crippen LogP contribution is -2.25. The van der Waals surface area contributed by atoms with Crippen LogP contribution in [0, 0.1) is 0 Å². The third kappa shape index (κ3) is 2.79. The van der Waals surface area contributed by atoms with E-state index in [0.717, 1.165) is 20.9 Å². The Balaban J connectivity index is 2.09. The number of hydrogen-bond donors (Lipinski definition) is 1. The molecule has 2 aromatic heterocycles. The monoisotopic (exact) mass is 413 g/mol. The van der Waals surface area contributed by atoms with Crippen molar-refractivity contribution in [3.05, 3.63) is 57.4 Å². The SMILES string of the molecule is COCCn1c(=O)nc(-c2ccc(N)cc2)c2oc3cc(Br)ccc3c21. The minimum atomic E-state index is -0.341. The standard InChI is InChI=1S/C19H16BrN3O3/c1-25-9-8-23-17-14-7-4-12(20)10-15(14)26-18(17)16(22-19(23)24)11-2-5-13(21)6-3-11/h2-7,10H,8-9,21H2,1H3. The van der Waals surface area contributed by atoms with Gasteiger partial charge in [-0.15, -0.1) is 0 Å². The molecule has 26 heavy (non-hydrogen) atoms. The van der Waals surface area contributed by atoms with Gasteiger partial charge in [-0.3, -0.25) is 4.57 Å². The number of benzene rings is 2. The molecular weight excluding hydrogens is 398 g/mol. The van der Waals surface area contributed by atoms with Crippen molar-refractivity contribution < 1.29 is 9.15 Å². The molecule has 4 aromatic rings. The molecule has 0 saturated heterocycles. The molecule has 4 rings (SSSR count). The summed E-state index contributed by atoms with van der Waals surface area (Å²) in [5.74, 6) is 0. The molecular formula is C19H16BrN3O3. The first-order chi connectivity index (χ1) is 12.6. The highest BCUT2D eigenvalue weighted by Gasteiger charge is 2.19. The Bertz CT molecular complexity index is 1160. The van der Waals surface area contributed by atoms with Crippen molar-refractivity contribution in [1.82, 2.24) is 9.55 Å². The summed E-state index contributed by atoms with van der Waals surface area (Å²) in [4.78, 5) is 17.0. The van der Waals surface area contributed by atoms with Crippen LogP contribution >= 0.6 is 15.9 Å². The zero-order valence-electron chi connectivity index (χ0n) is 14.0. The molecule has 0 radical (unpaired) electrons. The number of anilines is 1. The van der Waals surface area contributed by atoms with Crippen LogP contribution in [-0.4, -0.2) is 23.3 Å². The number of nitrogens with zero attached hydrogens (tertiary/aromatic N) is 2. The van der Waals surface area contributed by atoms with Crippen molar-refractivity contribution in [2.24, 2.45) is 0 Å². The maximum Gasteiger partial charge on any atom is 0.348 e. The molecule has 0 amide bonds. The lowest BCUT2D eigenvalue weighted by Gasteiger charge is -2.09. The van der Waals surface area contributed by atoms with Crippen LogP contribution in [0.15, 0.2) is 56.1 Å². The van der Waals surface area contributed by atoms with Crippen LogP contribution in [0.5, 0.6) is 0 Å². The van der Waals surface area contributed by atoms with E-state index in [-0.39, 0.29) is 5.69 Å². The average Bonchev–Trinajstić information content (AvgIpc) is 2.99. The third-order valence-electron chi connectivity index (χ3n) is 4.25. The van der Waals surface area contributed by atoms with Crippen molar-refractivity contribution in [3.63, 3.8) is 0 Å². The summed E-state index contributed by atoms with van der Waals surface area (Å²) >= 11 is 3.46. The Labute approximate surface area is 157 Å². The molecule has 0 aliphatic rings. The van der Waals surface area contributed by atoms with E-state index in [1.54, 1.807) is 23.8 Å². The van der Waals surface area contributed by atoms with E-state index in [1.165, 1.54) is 0 Å². The number of hydrogen-bond acceptors (Lipinski definition) is 5. The highest BCUT2D eigenvalue weighted by atomic mass is 79.9. The van der Waals surface area contributed by atoms with Crippen molar-refractivity contribution >= 4 is 43.7 Å². The summed E-state index contributed by atoms with van der Waals surface area (Å²) in [7, 11) is 1.60. The quantitative estimate of drug-likeness (QED) is 0.514. The molecule has 0 atom stereocenters. The predicted molar refractivity (Wildman–Crippen MR) is 105 cm³/mol. The fourth-order valence-corrected chi connectivity index (χ4v) is 3.35. The Morgan fingerprint density at radius 2 is 2.00 bits per heavy atom. The van der Waals surface area contributed by atoms with Crippen molar-refractivity contribution in [1.29, 1.82) is 0 Å². The summed E-state index contributed by atoms with van der Waals surface area (Å²) in [6, 6.07) is 13.0. The molecule has 2 N–H and O–H groups in total. The number of halogens is 1. The van der Waals surface area contributed by atoms with Gasteiger partial charge < -0.3 is 14.9 Å². The van der Waals surface area contributed by atoms with E-state index in [9.17, 15) is 4.79 Å². The van der Waals surface area contributed by atoms with Crippen LogP contribution in [-0.2, 0) is 11.3 Å². The van der Waals surface area contributed by atoms with Gasteiger partial charge in [0.2, 0.25) is 0 Å². The number of furan rings is 1. The summed E-state index contributed by atoms with van der Waals surface area (Å²) in [6.45, 7) is 0.798. The molecule has 2 aromatic carbocycles. The molecule has 0 bridgehead atoms. The van der Waals surface area contributed by atoms with E-state index in [0.29, 0.717) is 35.7 Å². The number of ether oxygens (including phenoxy) is 1. The van der Waals surface area contributed by atoms with Gasteiger partial charge >= 0.3 is 5.69 Å². The number of methoxy groups -OCH3 is 1. The summed E-state index contributed by atoms with van der Waals surface area (Å²) in [5.41, 5.74) is 9.33. The van der Waals surface area contributed by atoms with Crippen LogP contribution in [0.25, 0.3) is 33.3 Å². The Morgan fingerprint density at radius 1 is 1.23 bits per heavy atom. The van der Waals surface area contributed by atoms with Gasteiger partial charge in [0.05, 0.1) is 13.2 Å². The number of fused-ring (bicyclic) bond motifs is 3. The molecule has 0 unspecified atom stereocenters. The first-order valence-corrected chi connectivity index (χ1v) is 8.85. The maximum absolute atomic E-state index is 12.7. The van der Waals surface area contributed by atoms with Gasteiger partial charge in [0.15, 0.2) is 5.58 Å². The van der Waals surface area contributed by atoms with E-state index >= 15 is 0 Å². The normalized spacial score (nSPS) is 11.5. The molecule has 7 heteroatoms. The second kappa shape index (κ2) is 6.59. The largest absolute Gasteiger partial charge is 0.452 e. The Kier molecular flexibility index (Phi) is 4.26. The summed E-state index contributed by atoms with van der Waals surface area (Å²) < 4.78 is 13.7. The Hall–Kier alpha value is -2.64. The topological polar surface area (TPSA) is 83.3 Å². The molecule has 0 fully saturated rings. The van der Waals surface area contributed by atoms with Crippen LogP contribution in [0.2, 0.25) is 0 Å². The van der Waals surface area contributed by atoms with Gasteiger partial charge in [0.25, 0.3) is 0 Å². The van der Waals surface area contributed by atoms with Gasteiger partial charge in [-0.05, 0) is 30.3 Å². The fourth-order valence-electron chi connectivity index (χ4n) is 3.01. The lowest BCUT2D eigenvalue weighted by molar-refractivity contribution is 0.187. The molecule has 132 valence electrons. The van der Waals surface area contributed by atoms with Crippen molar-refractivity contribution in [2.75, 3.05) is 19.5 Å². The minimum absolute atomic E-state index is 0.341. The molecule has 0 saturated carbocycles. The summed E-state index contributed by atoms with van der Waals surface area (Å²) in [6.07, 6.45) is 0. The van der Waals surface area contributed by atoms with Gasteiger partial charge in [0.1, 0.15) is 16.8 Å². The van der Waals surface area contributed by atoms with E-state index in [1.807, 2.05) is 30.3 Å². The smallest absolute Gasteiger partial charge is 0.348 e. The number of aromatic nitrogens is 2. The van der Waals surface area contributed by atoms with Gasteiger partial charge in [-0.2, -0.15) is 4.98 Å². The maximum atomic E-state index is 12.7. The second-order valence-corrected chi connectivity index (χ2v) is 6.85. The third-order valence-corrected chi connectivity index (χ3v) is 4.75. The minimum Gasteiger partial charge on any atom is -0.452 e. The zero-order chi connectivity index (χ0) is 18.3. The molecule has 0 spiro atoms. The van der Waals surface area contributed by atoms with Crippen molar-refractivity contribution in [2.45, 2.75) is 6.54 Å². The first-order valence-electron chi connectivity index (χ1n) is 8.06. The van der Waals surface area contributed by atoms with Gasteiger partial charge in [-0.1, -0.05) is 28.1 Å². The fraction of sp³-hybridized carbons (Fsp3) is 0.158. The summed E-state index contributed by atoms with van der Waals surface area (Å²) in [5, 5.41) is 0.857. The highest BCUT2D eigenvalue weighted by molar-refractivity contribution is 9.10. The molecule has 0 aliphatic heterocycles. The molecule has 6 nitrogen and oxygen atoms in total. The van der Waals surface area contributed by atoms with Crippen molar-refractivity contribution in [3.8, 4) is 11.3 Å². The van der Waals surface area contributed by atoms with Crippen LogP contribution in [0.4, 0.5) is 5.69 Å². The molecule has 0 aliphatic carbocycles. The number of rotatable bonds is 4. The first kappa shape index (κ1) is 16.8. The Morgan fingerprint density at radius 3 is 2.73 bits per heavy atom. The van der Waals surface area contributed by atoms with Gasteiger partial charge in [0, 0.05) is 28.2 Å². The highest BCUT2D eigenvalue weighted by Crippen LogP contribution is 2.34. The second-order valence-electron chi connectivity index (χ2n) is 5.93. The van der Waals surface area contributed by atoms with Gasteiger partial charge in [-0.25, -0.2) is 4.79 Å². The molecule has 2 heterocycles. The lowest BCUT2D eigenvalue weighted by atomic mass is 10.1. The predicted octanol–water partition coefficient (Wildman–Crippen LogP) is 3.80. The van der Waals surface area contributed by atoms with E-state index < -0.39 is 0 Å².